The number of carboxylic acids is 1. The molecule has 0 bridgehead atoms. The number of aliphatic carboxylic acids is 1. The van der Waals surface area contributed by atoms with Gasteiger partial charge in [0.1, 0.15) is 29.8 Å². The van der Waals surface area contributed by atoms with Crippen LogP contribution < -0.4 is 4.74 Å². The fraction of sp³-hybridized carbons (Fsp3) is 0.519. The van der Waals surface area contributed by atoms with Gasteiger partial charge < -0.3 is 35.0 Å². The second-order valence-corrected chi connectivity index (χ2v) is 10.3. The normalized spacial score (nSPS) is 25.2. The van der Waals surface area contributed by atoms with E-state index in [1.165, 1.54) is 0 Å². The summed E-state index contributed by atoms with van der Waals surface area (Å²) >= 11 is 0. The number of aromatic hydroxyl groups is 1. The molecule has 8 nitrogen and oxygen atoms in total. The van der Waals surface area contributed by atoms with Gasteiger partial charge in [0.05, 0.1) is 0 Å². The summed E-state index contributed by atoms with van der Waals surface area (Å²) in [4.78, 5) is 11.4. The summed E-state index contributed by atoms with van der Waals surface area (Å²) in [5.41, 5.74) is 3.31. The number of hydrogen-bond donors (Lipinski definition) is 5. The first-order valence-corrected chi connectivity index (χ1v) is 11.8. The summed E-state index contributed by atoms with van der Waals surface area (Å²) < 4.78 is 11.1. The minimum atomic E-state index is -1.78. The number of hydrogen-bond acceptors (Lipinski definition) is 7. The third-order valence-electron chi connectivity index (χ3n) is 6.78. The van der Waals surface area contributed by atoms with E-state index >= 15 is 0 Å². The Kier molecular flexibility index (Phi) is 7.81. The number of carboxylic acid groups (broad SMARTS) is 1. The molecule has 0 spiro atoms. The van der Waals surface area contributed by atoms with E-state index in [1.807, 2.05) is 52.0 Å². The van der Waals surface area contributed by atoms with Gasteiger partial charge in [0.15, 0.2) is 6.10 Å². The van der Waals surface area contributed by atoms with Crippen molar-refractivity contribution >= 4 is 5.97 Å². The highest BCUT2D eigenvalue weighted by Crippen LogP contribution is 2.39. The predicted molar refractivity (Wildman–Crippen MR) is 130 cm³/mol. The van der Waals surface area contributed by atoms with Crippen LogP contribution in [-0.2, 0) is 14.9 Å². The third kappa shape index (κ3) is 5.30. The molecule has 8 heteroatoms. The van der Waals surface area contributed by atoms with E-state index in [0.29, 0.717) is 5.75 Å². The maximum Gasteiger partial charge on any atom is 0.335 e. The van der Waals surface area contributed by atoms with Crippen molar-refractivity contribution in [2.45, 2.75) is 89.5 Å². The zero-order chi connectivity index (χ0) is 26.2. The van der Waals surface area contributed by atoms with E-state index in [9.17, 15) is 30.3 Å². The first-order valence-electron chi connectivity index (χ1n) is 11.8. The molecule has 0 aliphatic carbocycles. The van der Waals surface area contributed by atoms with Gasteiger partial charge in [-0.05, 0) is 46.2 Å². The summed E-state index contributed by atoms with van der Waals surface area (Å²) in [5.74, 6) is -0.640. The molecule has 0 unspecified atom stereocenters. The number of benzene rings is 2. The van der Waals surface area contributed by atoms with Crippen molar-refractivity contribution < 1.29 is 39.8 Å². The van der Waals surface area contributed by atoms with Crippen molar-refractivity contribution in [3.05, 3.63) is 58.7 Å². The molecule has 192 valence electrons. The van der Waals surface area contributed by atoms with Gasteiger partial charge in [-0.25, -0.2) is 4.79 Å². The average molecular weight is 489 g/mol. The van der Waals surface area contributed by atoms with Crippen LogP contribution in [0, 0.1) is 0 Å². The summed E-state index contributed by atoms with van der Waals surface area (Å²) in [6.45, 7) is 12.2. The van der Waals surface area contributed by atoms with Crippen molar-refractivity contribution in [3.63, 3.8) is 0 Å². The number of ether oxygens (including phenoxy) is 2. The molecular formula is C27H36O8. The summed E-state index contributed by atoms with van der Waals surface area (Å²) in [7, 11) is 0. The molecule has 0 saturated carbocycles. The minimum absolute atomic E-state index is 0.0123. The van der Waals surface area contributed by atoms with Gasteiger partial charge in [0.2, 0.25) is 6.29 Å². The summed E-state index contributed by atoms with van der Waals surface area (Å²) in [6, 6.07) is 11.3. The van der Waals surface area contributed by atoms with Gasteiger partial charge in [0.25, 0.3) is 0 Å². The standard InChI is InChI=1S/C27H36O8/c1-13(2)17-11-15(7-9-19(17)28)27(5,6)16-8-10-20(18(12-16)14(3)4)34-26-23(31)21(29)22(30)24(35-26)25(32)33/h7-14,21-24,26,28-31H,1-6H3,(H,32,33)/t21-,22-,23+,24-,26+/m0/s1. The molecule has 35 heavy (non-hydrogen) atoms. The first kappa shape index (κ1) is 26.9. The SMILES string of the molecule is CC(C)c1cc(C(C)(C)c2ccc(O[C@@H]3O[C@H](C(=O)O)[C@@H](O)[C@H](O)[C@H]3O)c(C(C)C)c2)ccc1O. The topological polar surface area (TPSA) is 137 Å². The molecule has 0 radical (unpaired) electrons. The molecule has 1 saturated heterocycles. The quantitative estimate of drug-likeness (QED) is 0.401. The second kappa shape index (κ2) is 10.1. The van der Waals surface area contributed by atoms with Crippen LogP contribution in [0.2, 0.25) is 0 Å². The molecule has 1 fully saturated rings. The Morgan fingerprint density at radius 1 is 0.886 bits per heavy atom. The fourth-order valence-electron chi connectivity index (χ4n) is 4.34. The molecular weight excluding hydrogens is 452 g/mol. The molecule has 0 aromatic heterocycles. The smallest absolute Gasteiger partial charge is 0.335 e. The highest BCUT2D eigenvalue weighted by Gasteiger charge is 2.48. The van der Waals surface area contributed by atoms with E-state index in [1.54, 1.807) is 12.1 Å². The molecule has 1 aliphatic rings. The number of aliphatic hydroxyl groups is 3. The van der Waals surface area contributed by atoms with Gasteiger partial charge >= 0.3 is 5.97 Å². The van der Waals surface area contributed by atoms with Crippen molar-refractivity contribution in [1.82, 2.24) is 0 Å². The van der Waals surface area contributed by atoms with Crippen molar-refractivity contribution in [1.29, 1.82) is 0 Å². The molecule has 3 rings (SSSR count). The lowest BCUT2D eigenvalue weighted by Gasteiger charge is -2.39. The minimum Gasteiger partial charge on any atom is -0.508 e. The van der Waals surface area contributed by atoms with Crippen molar-refractivity contribution in [3.8, 4) is 11.5 Å². The molecule has 1 heterocycles. The average Bonchev–Trinajstić information content (AvgIpc) is 2.79. The monoisotopic (exact) mass is 488 g/mol. The molecule has 2 aromatic carbocycles. The zero-order valence-corrected chi connectivity index (χ0v) is 21.0. The maximum atomic E-state index is 11.4. The predicted octanol–water partition coefficient (Wildman–Crippen LogP) is 3.24. The number of aliphatic hydroxyl groups excluding tert-OH is 3. The zero-order valence-electron chi connectivity index (χ0n) is 21.0. The second-order valence-electron chi connectivity index (χ2n) is 10.3. The van der Waals surface area contributed by atoms with Crippen LogP contribution in [0.1, 0.15) is 75.6 Å². The fourth-order valence-corrected chi connectivity index (χ4v) is 4.34. The third-order valence-corrected chi connectivity index (χ3v) is 6.78. The van der Waals surface area contributed by atoms with Gasteiger partial charge in [-0.15, -0.1) is 0 Å². The van der Waals surface area contributed by atoms with Crippen LogP contribution >= 0.6 is 0 Å². The number of phenolic OH excluding ortho intramolecular Hbond substituents is 1. The van der Waals surface area contributed by atoms with Crippen LogP contribution in [0.5, 0.6) is 11.5 Å². The number of phenols is 1. The Morgan fingerprint density at radius 2 is 1.43 bits per heavy atom. The number of carbonyl (C=O) groups is 1. The Bertz CT molecular complexity index is 1060. The van der Waals surface area contributed by atoms with E-state index in [2.05, 4.69) is 13.8 Å². The van der Waals surface area contributed by atoms with E-state index in [0.717, 1.165) is 22.3 Å². The maximum absolute atomic E-state index is 11.4. The lowest BCUT2D eigenvalue weighted by atomic mass is 9.76. The van der Waals surface area contributed by atoms with Crippen molar-refractivity contribution in [2.24, 2.45) is 0 Å². The van der Waals surface area contributed by atoms with Gasteiger partial charge in [-0.2, -0.15) is 0 Å². The van der Waals surface area contributed by atoms with Crippen LogP contribution in [-0.4, -0.2) is 62.2 Å². The van der Waals surface area contributed by atoms with Crippen LogP contribution in [0.3, 0.4) is 0 Å². The van der Waals surface area contributed by atoms with Crippen LogP contribution in [0.15, 0.2) is 36.4 Å². The van der Waals surface area contributed by atoms with E-state index in [-0.39, 0.29) is 17.6 Å². The van der Waals surface area contributed by atoms with Gasteiger partial charge in [-0.3, -0.25) is 0 Å². The summed E-state index contributed by atoms with van der Waals surface area (Å²) in [6.07, 6.45) is -8.36. The van der Waals surface area contributed by atoms with Gasteiger partial charge in [-0.1, -0.05) is 65.8 Å². The van der Waals surface area contributed by atoms with Crippen LogP contribution in [0.4, 0.5) is 0 Å². The number of rotatable bonds is 7. The molecule has 5 atom stereocenters. The highest BCUT2D eigenvalue weighted by molar-refractivity contribution is 5.73. The largest absolute Gasteiger partial charge is 0.508 e. The van der Waals surface area contributed by atoms with Crippen molar-refractivity contribution in [2.75, 3.05) is 0 Å². The molecule has 0 amide bonds. The van der Waals surface area contributed by atoms with E-state index < -0.39 is 42.1 Å². The Labute approximate surface area is 205 Å². The highest BCUT2D eigenvalue weighted by atomic mass is 16.7. The van der Waals surface area contributed by atoms with Crippen LogP contribution in [0.25, 0.3) is 0 Å². The lowest BCUT2D eigenvalue weighted by molar-refractivity contribution is -0.271. The first-order chi connectivity index (χ1) is 16.2. The van der Waals surface area contributed by atoms with E-state index in [4.69, 9.17) is 9.47 Å². The summed E-state index contributed by atoms with van der Waals surface area (Å²) in [5, 5.41) is 49.9. The lowest BCUT2D eigenvalue weighted by Crippen LogP contribution is -2.61. The molecule has 1 aliphatic heterocycles. The van der Waals surface area contributed by atoms with Gasteiger partial charge in [0, 0.05) is 5.41 Å². The molecule has 2 aromatic rings. The Morgan fingerprint density at radius 3 is 1.97 bits per heavy atom. The Balaban J connectivity index is 1.96. The Hall–Kier alpha value is -2.65. The molecule has 5 N–H and O–H groups in total.